The first-order valence-electron chi connectivity index (χ1n) is 7.48. The Hall–Kier alpha value is -1.75. The maximum atomic E-state index is 12.1. The maximum absolute atomic E-state index is 12.1. The molecule has 0 bridgehead atoms. The minimum Gasteiger partial charge on any atom is -0.491 e. The molecule has 2 amide bonds. The van der Waals surface area contributed by atoms with Gasteiger partial charge in [-0.3, -0.25) is 0 Å². The monoisotopic (exact) mass is 294 g/mol. The predicted molar refractivity (Wildman–Crippen MR) is 84.7 cm³/mol. The van der Waals surface area contributed by atoms with Gasteiger partial charge in [0.15, 0.2) is 0 Å². The molecule has 21 heavy (non-hydrogen) atoms. The number of amides is 2. The van der Waals surface area contributed by atoms with Crippen molar-refractivity contribution in [2.24, 2.45) is 5.92 Å². The van der Waals surface area contributed by atoms with Gasteiger partial charge in [0.25, 0.3) is 0 Å². The Morgan fingerprint density at radius 2 is 2.05 bits per heavy atom. The molecule has 1 aromatic rings. The number of para-hydroxylation sites is 2. The van der Waals surface area contributed by atoms with Gasteiger partial charge < -0.3 is 20.5 Å². The molecule has 118 valence electrons. The molecule has 1 atom stereocenters. The number of ether oxygens (including phenoxy) is 1. The van der Waals surface area contributed by atoms with Gasteiger partial charge in [0, 0.05) is 12.6 Å². The molecule has 0 heterocycles. The second kappa shape index (κ2) is 9.23. The molecule has 3 N–H and O–H groups in total. The lowest BCUT2D eigenvalue weighted by molar-refractivity contribution is 0.227. The largest absolute Gasteiger partial charge is 0.491 e. The molecule has 1 rings (SSSR count). The van der Waals surface area contributed by atoms with Gasteiger partial charge in [-0.05, 0) is 30.9 Å². The summed E-state index contributed by atoms with van der Waals surface area (Å²) in [6.45, 7) is 6.72. The molecule has 0 aliphatic heterocycles. The number of benzene rings is 1. The summed E-state index contributed by atoms with van der Waals surface area (Å²) >= 11 is 0. The zero-order valence-corrected chi connectivity index (χ0v) is 13.1. The third-order valence-electron chi connectivity index (χ3n) is 3.16. The van der Waals surface area contributed by atoms with E-state index in [2.05, 4.69) is 10.6 Å². The molecule has 1 unspecified atom stereocenters. The van der Waals surface area contributed by atoms with Crippen LogP contribution < -0.4 is 15.4 Å². The smallest absolute Gasteiger partial charge is 0.319 e. The summed E-state index contributed by atoms with van der Waals surface area (Å²) < 4.78 is 5.60. The van der Waals surface area contributed by atoms with E-state index in [0.29, 0.717) is 24.5 Å². The summed E-state index contributed by atoms with van der Waals surface area (Å²) in [5.74, 6) is 0.923. The molecule has 0 aliphatic carbocycles. The number of rotatable bonds is 8. The molecule has 0 spiro atoms. The van der Waals surface area contributed by atoms with E-state index < -0.39 is 0 Å². The van der Waals surface area contributed by atoms with Gasteiger partial charge in [0.1, 0.15) is 5.75 Å². The number of urea groups is 1. The van der Waals surface area contributed by atoms with Crippen molar-refractivity contribution in [1.82, 2.24) is 5.32 Å². The van der Waals surface area contributed by atoms with Crippen molar-refractivity contribution in [3.05, 3.63) is 24.3 Å². The third-order valence-corrected chi connectivity index (χ3v) is 3.16. The summed E-state index contributed by atoms with van der Waals surface area (Å²) in [5.41, 5.74) is 0.648. The number of carbonyl (C=O) groups is 1. The first kappa shape index (κ1) is 17.3. The Morgan fingerprint density at radius 3 is 2.67 bits per heavy atom. The van der Waals surface area contributed by atoms with Crippen LogP contribution in [0.2, 0.25) is 0 Å². The molecule has 0 fully saturated rings. The number of aliphatic hydroxyl groups is 1. The molecule has 0 saturated carbocycles. The van der Waals surface area contributed by atoms with Crippen LogP contribution in [0.25, 0.3) is 0 Å². The number of anilines is 1. The number of hydrogen-bond acceptors (Lipinski definition) is 3. The van der Waals surface area contributed by atoms with Crippen LogP contribution >= 0.6 is 0 Å². The van der Waals surface area contributed by atoms with Gasteiger partial charge in [-0.25, -0.2) is 4.79 Å². The molecule has 5 heteroatoms. The van der Waals surface area contributed by atoms with Crippen molar-refractivity contribution in [3.8, 4) is 5.75 Å². The van der Waals surface area contributed by atoms with Crippen LogP contribution in [0.4, 0.5) is 10.5 Å². The molecule has 0 saturated heterocycles. The molecule has 0 aliphatic rings. The Kier molecular flexibility index (Phi) is 7.61. The Labute approximate surface area is 126 Å². The molecule has 5 nitrogen and oxygen atoms in total. The van der Waals surface area contributed by atoms with Gasteiger partial charge in [-0.2, -0.15) is 0 Å². The predicted octanol–water partition coefficient (Wildman–Crippen LogP) is 3.00. The average Bonchev–Trinajstić information content (AvgIpc) is 2.45. The topological polar surface area (TPSA) is 70.6 Å². The Morgan fingerprint density at radius 1 is 1.33 bits per heavy atom. The summed E-state index contributed by atoms with van der Waals surface area (Å²) in [4.78, 5) is 12.1. The van der Waals surface area contributed by atoms with E-state index in [1.807, 2.05) is 39.0 Å². The van der Waals surface area contributed by atoms with Crippen LogP contribution in [0.15, 0.2) is 24.3 Å². The van der Waals surface area contributed by atoms with Gasteiger partial charge >= 0.3 is 6.03 Å². The van der Waals surface area contributed by atoms with Crippen molar-refractivity contribution in [1.29, 1.82) is 0 Å². The lowest BCUT2D eigenvalue weighted by atomic mass is 10.0. The number of carbonyl (C=O) groups excluding carboxylic acids is 1. The van der Waals surface area contributed by atoms with Crippen molar-refractivity contribution >= 4 is 11.7 Å². The van der Waals surface area contributed by atoms with E-state index in [0.717, 1.165) is 6.42 Å². The summed E-state index contributed by atoms with van der Waals surface area (Å²) in [6, 6.07) is 7.02. The van der Waals surface area contributed by atoms with E-state index in [1.54, 1.807) is 6.07 Å². The SMILES string of the molecule is CCCOc1ccccc1NC(=O)NC(CCO)C(C)C. The molecule has 0 aromatic heterocycles. The zero-order chi connectivity index (χ0) is 15.7. The Balaban J connectivity index is 2.65. The van der Waals surface area contributed by atoms with Crippen molar-refractivity contribution in [3.63, 3.8) is 0 Å². The third kappa shape index (κ3) is 6.04. The summed E-state index contributed by atoms with van der Waals surface area (Å²) in [6.07, 6.45) is 1.45. The van der Waals surface area contributed by atoms with Crippen LogP contribution in [0, 0.1) is 5.92 Å². The van der Waals surface area contributed by atoms with Crippen molar-refractivity contribution in [2.75, 3.05) is 18.5 Å². The first-order valence-corrected chi connectivity index (χ1v) is 7.48. The standard InChI is InChI=1S/C16H26N2O3/c1-4-11-21-15-8-6-5-7-14(15)18-16(20)17-13(9-10-19)12(2)3/h5-8,12-13,19H,4,9-11H2,1-3H3,(H2,17,18,20). The number of nitrogens with one attached hydrogen (secondary N) is 2. The zero-order valence-electron chi connectivity index (χ0n) is 13.1. The van der Waals surface area contributed by atoms with Gasteiger partial charge in [0.05, 0.1) is 12.3 Å². The van der Waals surface area contributed by atoms with Crippen LogP contribution in [0.3, 0.4) is 0 Å². The highest BCUT2D eigenvalue weighted by Gasteiger charge is 2.16. The maximum Gasteiger partial charge on any atom is 0.319 e. The normalized spacial score (nSPS) is 12.0. The second-order valence-electron chi connectivity index (χ2n) is 5.31. The first-order chi connectivity index (χ1) is 10.1. The second-order valence-corrected chi connectivity index (χ2v) is 5.31. The van der Waals surface area contributed by atoms with Crippen molar-refractivity contribution < 1.29 is 14.6 Å². The van der Waals surface area contributed by atoms with Crippen LogP contribution in [-0.2, 0) is 0 Å². The van der Waals surface area contributed by atoms with E-state index in [-0.39, 0.29) is 24.6 Å². The summed E-state index contributed by atoms with van der Waals surface area (Å²) in [7, 11) is 0. The van der Waals surface area contributed by atoms with Crippen molar-refractivity contribution in [2.45, 2.75) is 39.7 Å². The van der Waals surface area contributed by atoms with E-state index >= 15 is 0 Å². The highest BCUT2D eigenvalue weighted by atomic mass is 16.5. The number of hydrogen-bond donors (Lipinski definition) is 3. The Bertz CT molecular complexity index is 435. The fraction of sp³-hybridized carbons (Fsp3) is 0.562. The number of aliphatic hydroxyl groups excluding tert-OH is 1. The lowest BCUT2D eigenvalue weighted by Gasteiger charge is -2.22. The van der Waals surface area contributed by atoms with Gasteiger partial charge in [-0.1, -0.05) is 32.9 Å². The molecular weight excluding hydrogens is 268 g/mol. The quantitative estimate of drug-likeness (QED) is 0.690. The van der Waals surface area contributed by atoms with Crippen LogP contribution in [0.5, 0.6) is 5.75 Å². The van der Waals surface area contributed by atoms with E-state index in [4.69, 9.17) is 9.84 Å². The highest BCUT2D eigenvalue weighted by Crippen LogP contribution is 2.23. The molecular formula is C16H26N2O3. The molecule has 1 aromatic carbocycles. The summed E-state index contributed by atoms with van der Waals surface area (Å²) in [5, 5.41) is 14.7. The lowest BCUT2D eigenvalue weighted by Crippen LogP contribution is -2.41. The molecule has 0 radical (unpaired) electrons. The highest BCUT2D eigenvalue weighted by molar-refractivity contribution is 5.91. The fourth-order valence-electron chi connectivity index (χ4n) is 1.95. The van der Waals surface area contributed by atoms with E-state index in [1.165, 1.54) is 0 Å². The van der Waals surface area contributed by atoms with Crippen LogP contribution in [-0.4, -0.2) is 30.4 Å². The minimum atomic E-state index is -0.283. The van der Waals surface area contributed by atoms with E-state index in [9.17, 15) is 4.79 Å². The minimum absolute atomic E-state index is 0.0549. The average molecular weight is 294 g/mol. The fourth-order valence-corrected chi connectivity index (χ4v) is 1.95. The van der Waals surface area contributed by atoms with Gasteiger partial charge in [0.2, 0.25) is 0 Å². The van der Waals surface area contributed by atoms with Crippen LogP contribution in [0.1, 0.15) is 33.6 Å². The van der Waals surface area contributed by atoms with Gasteiger partial charge in [-0.15, -0.1) is 0 Å².